The zero-order valence-corrected chi connectivity index (χ0v) is 18.2. The monoisotopic (exact) mass is 421 g/mol. The van der Waals surface area contributed by atoms with Crippen molar-refractivity contribution < 1.29 is 28.7 Å². The molecule has 1 aromatic rings. The van der Waals surface area contributed by atoms with E-state index >= 15 is 0 Å². The minimum absolute atomic E-state index is 0.0326. The Kier molecular flexibility index (Phi) is 9.80. The van der Waals surface area contributed by atoms with Gasteiger partial charge in [-0.25, -0.2) is 4.79 Å². The number of hydrogen-bond donors (Lipinski definition) is 2. The second-order valence-corrected chi connectivity index (χ2v) is 7.45. The van der Waals surface area contributed by atoms with Crippen molar-refractivity contribution in [1.29, 1.82) is 0 Å². The summed E-state index contributed by atoms with van der Waals surface area (Å²) in [5.41, 5.74) is 0.262. The lowest BCUT2D eigenvalue weighted by Gasteiger charge is -2.19. The number of ether oxygens (including phenoxy) is 2. The second kappa shape index (κ2) is 11.8. The van der Waals surface area contributed by atoms with Gasteiger partial charge in [-0.3, -0.25) is 14.4 Å². The molecule has 0 spiro atoms. The summed E-state index contributed by atoms with van der Waals surface area (Å²) in [7, 11) is 0. The number of amides is 3. The molecule has 1 rings (SSSR count). The molecule has 2 N–H and O–H groups in total. The lowest BCUT2D eigenvalue weighted by molar-refractivity contribution is -0.147. The number of nitrogens with one attached hydrogen (secondary N) is 2. The van der Waals surface area contributed by atoms with E-state index in [1.165, 1.54) is 0 Å². The molecule has 0 bridgehead atoms. The van der Waals surface area contributed by atoms with Crippen molar-refractivity contribution in [2.45, 2.75) is 46.6 Å². The SMILES string of the molecule is CCN(CC)C(=O)c1cccc(NC(=O)COC(=O)CCNC(=O)OC(C)(C)C)c1. The maximum absolute atomic E-state index is 12.4. The summed E-state index contributed by atoms with van der Waals surface area (Å²) in [6, 6.07) is 6.56. The summed E-state index contributed by atoms with van der Waals surface area (Å²) in [4.78, 5) is 49.3. The Bertz CT molecular complexity index is 753. The lowest BCUT2D eigenvalue weighted by Crippen LogP contribution is -2.34. The maximum atomic E-state index is 12.4. The highest BCUT2D eigenvalue weighted by Gasteiger charge is 2.17. The number of hydrogen-bond acceptors (Lipinski definition) is 6. The third kappa shape index (κ3) is 9.40. The van der Waals surface area contributed by atoms with Gasteiger partial charge in [0.05, 0.1) is 6.42 Å². The largest absolute Gasteiger partial charge is 0.456 e. The Morgan fingerprint density at radius 1 is 1.07 bits per heavy atom. The molecule has 0 unspecified atom stereocenters. The van der Waals surface area contributed by atoms with Gasteiger partial charge in [0.2, 0.25) is 0 Å². The summed E-state index contributed by atoms with van der Waals surface area (Å²) in [6.45, 7) is 9.71. The molecule has 0 aromatic heterocycles. The molecular weight excluding hydrogens is 390 g/mol. The standard InChI is InChI=1S/C21H31N3O6/c1-6-24(7-2)19(27)15-9-8-10-16(13-15)23-17(25)14-29-18(26)11-12-22-20(28)30-21(3,4)5/h8-10,13H,6-7,11-12,14H2,1-5H3,(H,22,28)(H,23,25). The van der Waals surface area contributed by atoms with Crippen molar-refractivity contribution >= 4 is 29.6 Å². The van der Waals surface area contributed by atoms with Gasteiger partial charge in [0, 0.05) is 30.9 Å². The molecular formula is C21H31N3O6. The molecule has 9 nitrogen and oxygen atoms in total. The average Bonchev–Trinajstić information content (AvgIpc) is 2.66. The zero-order chi connectivity index (χ0) is 22.7. The van der Waals surface area contributed by atoms with Crippen molar-refractivity contribution in [3.63, 3.8) is 0 Å². The molecule has 3 amide bonds. The van der Waals surface area contributed by atoms with Crippen LogP contribution in [0.2, 0.25) is 0 Å². The lowest BCUT2D eigenvalue weighted by atomic mass is 10.1. The molecule has 0 saturated heterocycles. The Morgan fingerprint density at radius 3 is 2.33 bits per heavy atom. The molecule has 0 radical (unpaired) electrons. The van der Waals surface area contributed by atoms with Gasteiger partial charge in [-0.1, -0.05) is 6.07 Å². The van der Waals surface area contributed by atoms with Crippen molar-refractivity contribution in [2.75, 3.05) is 31.6 Å². The molecule has 0 aliphatic heterocycles. The fourth-order valence-electron chi connectivity index (χ4n) is 2.42. The molecule has 30 heavy (non-hydrogen) atoms. The van der Waals surface area contributed by atoms with E-state index in [0.717, 1.165) is 0 Å². The Morgan fingerprint density at radius 2 is 1.73 bits per heavy atom. The zero-order valence-electron chi connectivity index (χ0n) is 18.2. The number of rotatable bonds is 9. The summed E-state index contributed by atoms with van der Waals surface area (Å²) < 4.78 is 9.94. The third-order valence-electron chi connectivity index (χ3n) is 3.81. The van der Waals surface area contributed by atoms with E-state index < -0.39 is 30.2 Å². The minimum Gasteiger partial charge on any atom is -0.456 e. The first-order valence-electron chi connectivity index (χ1n) is 9.87. The molecule has 0 fully saturated rings. The predicted octanol–water partition coefficient (Wildman–Crippen LogP) is 2.57. The minimum atomic E-state index is -0.633. The Balaban J connectivity index is 2.43. The molecule has 9 heteroatoms. The van der Waals surface area contributed by atoms with Gasteiger partial charge in [-0.05, 0) is 52.8 Å². The van der Waals surface area contributed by atoms with Crippen molar-refractivity contribution in [1.82, 2.24) is 10.2 Å². The Labute approximate surface area is 177 Å². The number of carbonyl (C=O) groups is 4. The van der Waals surface area contributed by atoms with Crippen LogP contribution in [-0.4, -0.2) is 60.6 Å². The van der Waals surface area contributed by atoms with E-state index in [-0.39, 0.29) is 18.9 Å². The van der Waals surface area contributed by atoms with Gasteiger partial charge in [0.1, 0.15) is 5.60 Å². The third-order valence-corrected chi connectivity index (χ3v) is 3.81. The maximum Gasteiger partial charge on any atom is 0.407 e. The van der Waals surface area contributed by atoms with E-state index in [1.807, 2.05) is 13.8 Å². The van der Waals surface area contributed by atoms with E-state index in [9.17, 15) is 19.2 Å². The van der Waals surface area contributed by atoms with Crippen molar-refractivity contribution in [2.24, 2.45) is 0 Å². The highest BCUT2D eigenvalue weighted by Crippen LogP contribution is 2.13. The number of benzene rings is 1. The van der Waals surface area contributed by atoms with E-state index in [4.69, 9.17) is 9.47 Å². The van der Waals surface area contributed by atoms with Crippen LogP contribution in [0.25, 0.3) is 0 Å². The van der Waals surface area contributed by atoms with E-state index in [1.54, 1.807) is 49.9 Å². The number of esters is 1. The van der Waals surface area contributed by atoms with Crippen LogP contribution in [0.4, 0.5) is 10.5 Å². The highest BCUT2D eigenvalue weighted by atomic mass is 16.6. The quantitative estimate of drug-likeness (QED) is 0.593. The van der Waals surface area contributed by atoms with Gasteiger partial charge < -0.3 is 25.0 Å². The van der Waals surface area contributed by atoms with Crippen LogP contribution in [0.5, 0.6) is 0 Å². The van der Waals surface area contributed by atoms with Crippen LogP contribution < -0.4 is 10.6 Å². The molecule has 166 valence electrons. The van der Waals surface area contributed by atoms with Gasteiger partial charge in [0.25, 0.3) is 11.8 Å². The number of nitrogens with zero attached hydrogens (tertiary/aromatic N) is 1. The smallest absolute Gasteiger partial charge is 0.407 e. The van der Waals surface area contributed by atoms with Crippen LogP contribution in [0, 0.1) is 0 Å². The summed E-state index contributed by atoms with van der Waals surface area (Å²) in [5.74, 6) is -1.29. The molecule has 0 heterocycles. The number of carbonyl (C=O) groups excluding carboxylic acids is 4. The first-order valence-corrected chi connectivity index (χ1v) is 9.87. The Hall–Kier alpha value is -3.10. The predicted molar refractivity (Wildman–Crippen MR) is 112 cm³/mol. The van der Waals surface area contributed by atoms with Crippen LogP contribution in [0.15, 0.2) is 24.3 Å². The highest BCUT2D eigenvalue weighted by molar-refractivity contribution is 5.97. The van der Waals surface area contributed by atoms with Gasteiger partial charge in [-0.15, -0.1) is 0 Å². The summed E-state index contributed by atoms with van der Waals surface area (Å²) >= 11 is 0. The van der Waals surface area contributed by atoms with E-state index in [2.05, 4.69) is 10.6 Å². The van der Waals surface area contributed by atoms with E-state index in [0.29, 0.717) is 24.3 Å². The van der Waals surface area contributed by atoms with Gasteiger partial charge >= 0.3 is 12.1 Å². The van der Waals surface area contributed by atoms with Crippen LogP contribution in [0.1, 0.15) is 51.4 Å². The van der Waals surface area contributed by atoms with Crippen LogP contribution >= 0.6 is 0 Å². The van der Waals surface area contributed by atoms with Crippen molar-refractivity contribution in [3.8, 4) is 0 Å². The van der Waals surface area contributed by atoms with Crippen molar-refractivity contribution in [3.05, 3.63) is 29.8 Å². The average molecular weight is 421 g/mol. The molecule has 1 aromatic carbocycles. The molecule has 0 aliphatic rings. The topological polar surface area (TPSA) is 114 Å². The number of anilines is 1. The second-order valence-electron chi connectivity index (χ2n) is 7.45. The molecule has 0 aliphatic carbocycles. The van der Waals surface area contributed by atoms with Gasteiger partial charge in [0.15, 0.2) is 6.61 Å². The fourth-order valence-corrected chi connectivity index (χ4v) is 2.42. The number of alkyl carbamates (subject to hydrolysis) is 1. The summed E-state index contributed by atoms with van der Waals surface area (Å²) in [5, 5.41) is 5.03. The van der Waals surface area contributed by atoms with Gasteiger partial charge in [-0.2, -0.15) is 0 Å². The van der Waals surface area contributed by atoms with Crippen LogP contribution in [0.3, 0.4) is 0 Å². The first kappa shape index (κ1) is 24.9. The fraction of sp³-hybridized carbons (Fsp3) is 0.524. The molecule has 0 saturated carbocycles. The molecule has 0 atom stereocenters. The summed E-state index contributed by atoms with van der Waals surface area (Å²) in [6.07, 6.45) is -0.729. The van der Waals surface area contributed by atoms with Crippen LogP contribution in [-0.2, 0) is 19.1 Å². The normalized spacial score (nSPS) is 10.7. The first-order chi connectivity index (χ1) is 14.1.